The highest BCUT2D eigenvalue weighted by atomic mass is 79.9. The molecular formula is C16H25BrO2. The normalized spacial score (nSPS) is 15.1. The number of rotatable bonds is 5. The highest BCUT2D eigenvalue weighted by Crippen LogP contribution is 2.34. The van der Waals surface area contributed by atoms with Crippen molar-refractivity contribution in [3.63, 3.8) is 0 Å². The van der Waals surface area contributed by atoms with Gasteiger partial charge in [0, 0.05) is 4.47 Å². The Morgan fingerprint density at radius 2 is 1.95 bits per heavy atom. The first-order chi connectivity index (χ1) is 8.73. The smallest absolute Gasteiger partial charge is 0.120 e. The van der Waals surface area contributed by atoms with E-state index in [1.54, 1.807) is 7.11 Å². The van der Waals surface area contributed by atoms with Crippen LogP contribution in [0, 0.1) is 11.3 Å². The molecule has 108 valence electrons. The van der Waals surface area contributed by atoms with Crippen LogP contribution in [0.15, 0.2) is 22.7 Å². The van der Waals surface area contributed by atoms with Crippen LogP contribution in [0.25, 0.3) is 0 Å². The van der Waals surface area contributed by atoms with Gasteiger partial charge in [0.25, 0.3) is 0 Å². The number of hydrogen-bond donors (Lipinski definition) is 1. The summed E-state index contributed by atoms with van der Waals surface area (Å²) in [6, 6.07) is 5.71. The van der Waals surface area contributed by atoms with E-state index >= 15 is 0 Å². The average molecular weight is 329 g/mol. The molecule has 0 aliphatic carbocycles. The molecule has 0 aromatic heterocycles. The Kier molecular flexibility index (Phi) is 5.87. The van der Waals surface area contributed by atoms with E-state index in [4.69, 9.17) is 4.74 Å². The largest absolute Gasteiger partial charge is 0.497 e. The lowest BCUT2D eigenvalue weighted by molar-refractivity contribution is 0.133. The van der Waals surface area contributed by atoms with Crippen LogP contribution in [0.5, 0.6) is 5.75 Å². The van der Waals surface area contributed by atoms with Gasteiger partial charge in [0.1, 0.15) is 5.75 Å². The van der Waals surface area contributed by atoms with Crippen molar-refractivity contribution in [2.45, 2.75) is 46.6 Å². The Morgan fingerprint density at radius 3 is 2.42 bits per heavy atom. The van der Waals surface area contributed by atoms with E-state index in [1.807, 2.05) is 18.2 Å². The Labute approximate surface area is 125 Å². The highest BCUT2D eigenvalue weighted by Gasteiger charge is 2.20. The molecule has 0 aliphatic heterocycles. The molecule has 1 aromatic rings. The van der Waals surface area contributed by atoms with Crippen molar-refractivity contribution in [3.05, 3.63) is 28.2 Å². The van der Waals surface area contributed by atoms with Gasteiger partial charge in [-0.25, -0.2) is 0 Å². The third-order valence-electron chi connectivity index (χ3n) is 3.15. The van der Waals surface area contributed by atoms with Crippen LogP contribution in [0.3, 0.4) is 0 Å². The van der Waals surface area contributed by atoms with Gasteiger partial charge < -0.3 is 9.84 Å². The van der Waals surface area contributed by atoms with Gasteiger partial charge in [-0.1, -0.05) is 49.7 Å². The summed E-state index contributed by atoms with van der Waals surface area (Å²) in [5, 5.41) is 10.4. The van der Waals surface area contributed by atoms with Crippen molar-refractivity contribution < 1.29 is 9.84 Å². The molecule has 0 heterocycles. The minimum absolute atomic E-state index is 0.302. The van der Waals surface area contributed by atoms with Gasteiger partial charge in [-0.3, -0.25) is 0 Å². The topological polar surface area (TPSA) is 29.5 Å². The molecule has 0 fully saturated rings. The molecule has 2 unspecified atom stereocenters. The molecule has 0 saturated heterocycles. The minimum atomic E-state index is -0.433. The van der Waals surface area contributed by atoms with Crippen molar-refractivity contribution >= 4 is 15.9 Å². The van der Waals surface area contributed by atoms with Gasteiger partial charge in [-0.2, -0.15) is 0 Å². The fourth-order valence-electron chi connectivity index (χ4n) is 2.54. The van der Waals surface area contributed by atoms with Crippen LogP contribution in [0.1, 0.15) is 52.2 Å². The Morgan fingerprint density at radius 1 is 1.32 bits per heavy atom. The predicted molar refractivity (Wildman–Crippen MR) is 83.5 cm³/mol. The minimum Gasteiger partial charge on any atom is -0.497 e. The summed E-state index contributed by atoms with van der Waals surface area (Å²) in [6.07, 6.45) is 1.46. The van der Waals surface area contributed by atoms with Gasteiger partial charge in [0.15, 0.2) is 0 Å². The summed E-state index contributed by atoms with van der Waals surface area (Å²) in [6.45, 7) is 8.91. The molecule has 2 atom stereocenters. The van der Waals surface area contributed by atoms with E-state index < -0.39 is 6.10 Å². The van der Waals surface area contributed by atoms with E-state index in [1.165, 1.54) is 0 Å². The van der Waals surface area contributed by atoms with Crippen molar-refractivity contribution in [1.29, 1.82) is 0 Å². The molecule has 3 heteroatoms. The third kappa shape index (κ3) is 5.53. The number of methoxy groups -OCH3 is 1. The highest BCUT2D eigenvalue weighted by molar-refractivity contribution is 9.10. The summed E-state index contributed by atoms with van der Waals surface area (Å²) in [4.78, 5) is 0. The molecule has 0 bridgehead atoms. The van der Waals surface area contributed by atoms with Gasteiger partial charge in [-0.15, -0.1) is 0 Å². The summed E-state index contributed by atoms with van der Waals surface area (Å²) >= 11 is 3.50. The standard InChI is InChI=1S/C16H25BrO2/c1-11(10-16(2,3)4)8-15(18)13-7-6-12(19-5)9-14(13)17/h6-7,9,11,15,18H,8,10H2,1-5H3. The Bertz CT molecular complexity index is 410. The summed E-state index contributed by atoms with van der Waals surface area (Å²) in [5.41, 5.74) is 1.23. The molecule has 19 heavy (non-hydrogen) atoms. The second kappa shape index (κ2) is 6.76. The molecule has 1 rings (SSSR count). The fraction of sp³-hybridized carbons (Fsp3) is 0.625. The van der Waals surface area contributed by atoms with E-state index in [0.717, 1.165) is 28.6 Å². The first-order valence-corrected chi connectivity index (χ1v) is 7.53. The van der Waals surface area contributed by atoms with E-state index in [9.17, 15) is 5.11 Å². The molecule has 0 amide bonds. The third-order valence-corrected chi connectivity index (χ3v) is 3.84. The zero-order valence-electron chi connectivity index (χ0n) is 12.5. The predicted octanol–water partition coefficient (Wildman–Crippen LogP) is 4.95. The number of halogens is 1. The van der Waals surface area contributed by atoms with Crippen LogP contribution in [0.2, 0.25) is 0 Å². The first-order valence-electron chi connectivity index (χ1n) is 6.74. The van der Waals surface area contributed by atoms with Crippen molar-refractivity contribution in [2.75, 3.05) is 7.11 Å². The monoisotopic (exact) mass is 328 g/mol. The molecular weight excluding hydrogens is 304 g/mol. The lowest BCUT2D eigenvalue weighted by Gasteiger charge is -2.25. The molecule has 0 aliphatic rings. The molecule has 1 aromatic carbocycles. The number of ether oxygens (including phenoxy) is 1. The second-order valence-electron chi connectivity index (χ2n) is 6.51. The molecule has 2 nitrogen and oxygen atoms in total. The quantitative estimate of drug-likeness (QED) is 0.828. The van der Waals surface area contributed by atoms with Crippen LogP contribution in [-0.2, 0) is 0 Å². The van der Waals surface area contributed by atoms with Gasteiger partial charge in [0.05, 0.1) is 13.2 Å². The molecule has 1 N–H and O–H groups in total. The fourth-order valence-corrected chi connectivity index (χ4v) is 3.16. The van der Waals surface area contributed by atoms with Crippen LogP contribution < -0.4 is 4.74 Å². The lowest BCUT2D eigenvalue weighted by atomic mass is 9.82. The Hall–Kier alpha value is -0.540. The van der Waals surface area contributed by atoms with E-state index in [-0.39, 0.29) is 0 Å². The molecule has 0 spiro atoms. The maximum absolute atomic E-state index is 10.4. The second-order valence-corrected chi connectivity index (χ2v) is 7.36. The first kappa shape index (κ1) is 16.5. The van der Waals surface area contributed by atoms with Gasteiger partial charge in [-0.05, 0) is 41.9 Å². The zero-order chi connectivity index (χ0) is 14.6. The summed E-state index contributed by atoms with van der Waals surface area (Å²) < 4.78 is 6.07. The van der Waals surface area contributed by atoms with Gasteiger partial charge >= 0.3 is 0 Å². The SMILES string of the molecule is COc1ccc(C(O)CC(C)CC(C)(C)C)c(Br)c1. The summed E-state index contributed by atoms with van der Waals surface area (Å²) in [7, 11) is 1.64. The van der Waals surface area contributed by atoms with Crippen molar-refractivity contribution in [2.24, 2.45) is 11.3 Å². The lowest BCUT2D eigenvalue weighted by Crippen LogP contribution is -2.13. The van der Waals surface area contributed by atoms with Crippen LogP contribution in [0.4, 0.5) is 0 Å². The molecule has 0 radical (unpaired) electrons. The number of aliphatic hydroxyl groups is 1. The van der Waals surface area contributed by atoms with Crippen LogP contribution in [-0.4, -0.2) is 12.2 Å². The van der Waals surface area contributed by atoms with Crippen molar-refractivity contribution in [3.8, 4) is 5.75 Å². The summed E-state index contributed by atoms with van der Waals surface area (Å²) in [5.74, 6) is 1.29. The number of benzene rings is 1. The van der Waals surface area contributed by atoms with Crippen molar-refractivity contribution in [1.82, 2.24) is 0 Å². The van der Waals surface area contributed by atoms with E-state index in [2.05, 4.69) is 43.6 Å². The molecule has 0 saturated carbocycles. The van der Waals surface area contributed by atoms with E-state index in [0.29, 0.717) is 11.3 Å². The maximum atomic E-state index is 10.4. The Balaban J connectivity index is 2.70. The zero-order valence-corrected chi connectivity index (χ0v) is 14.1. The maximum Gasteiger partial charge on any atom is 0.120 e. The number of aliphatic hydroxyl groups excluding tert-OH is 1. The number of hydrogen-bond acceptors (Lipinski definition) is 2. The average Bonchev–Trinajstić information content (AvgIpc) is 2.25. The van der Waals surface area contributed by atoms with Crippen LogP contribution >= 0.6 is 15.9 Å². The van der Waals surface area contributed by atoms with Gasteiger partial charge in [0.2, 0.25) is 0 Å².